The predicted octanol–water partition coefficient (Wildman–Crippen LogP) is -1.64. The van der Waals surface area contributed by atoms with Gasteiger partial charge >= 0.3 is 5.97 Å². The van der Waals surface area contributed by atoms with Gasteiger partial charge in [0.1, 0.15) is 6.04 Å². The molecule has 1 rings (SSSR count). The molecule has 18 heavy (non-hydrogen) atoms. The molecule has 0 spiro atoms. The van der Waals surface area contributed by atoms with Crippen molar-refractivity contribution in [2.24, 2.45) is 5.73 Å². The van der Waals surface area contributed by atoms with E-state index in [1.54, 1.807) is 0 Å². The van der Waals surface area contributed by atoms with Crippen LogP contribution >= 0.6 is 0 Å². The second-order valence-electron chi connectivity index (χ2n) is 4.58. The van der Waals surface area contributed by atoms with E-state index in [1.807, 2.05) is 4.90 Å². The summed E-state index contributed by atoms with van der Waals surface area (Å²) >= 11 is 0. The number of aliphatic carboxylic acids is 1. The van der Waals surface area contributed by atoms with Crippen molar-refractivity contribution in [3.63, 3.8) is 0 Å². The number of piperidine rings is 1. The van der Waals surface area contributed by atoms with E-state index < -0.39 is 12.0 Å². The van der Waals surface area contributed by atoms with Gasteiger partial charge in [-0.05, 0) is 12.8 Å². The maximum Gasteiger partial charge on any atom is 0.326 e. The SMILES string of the molecule is NC1CCN(CC(=O)N[C@H](CCO)C(=O)O)CC1. The normalized spacial score (nSPS) is 19.4. The average Bonchev–Trinajstić information content (AvgIpc) is 2.31. The first-order valence-corrected chi connectivity index (χ1v) is 6.14. The topological polar surface area (TPSA) is 116 Å². The largest absolute Gasteiger partial charge is 0.480 e. The van der Waals surface area contributed by atoms with Gasteiger partial charge in [0, 0.05) is 32.2 Å². The number of amides is 1. The summed E-state index contributed by atoms with van der Waals surface area (Å²) in [7, 11) is 0. The molecule has 0 aliphatic carbocycles. The molecule has 0 aromatic rings. The number of aliphatic hydroxyl groups is 1. The van der Waals surface area contributed by atoms with Crippen molar-refractivity contribution in [1.29, 1.82) is 0 Å². The van der Waals surface area contributed by atoms with E-state index in [1.165, 1.54) is 0 Å². The van der Waals surface area contributed by atoms with Crippen LogP contribution < -0.4 is 11.1 Å². The molecule has 1 heterocycles. The third-order valence-corrected chi connectivity index (χ3v) is 3.05. The van der Waals surface area contributed by atoms with Crippen molar-refractivity contribution in [1.82, 2.24) is 10.2 Å². The first-order valence-electron chi connectivity index (χ1n) is 6.14. The molecule has 1 atom stereocenters. The van der Waals surface area contributed by atoms with E-state index in [0.29, 0.717) is 0 Å². The van der Waals surface area contributed by atoms with Crippen molar-refractivity contribution in [2.75, 3.05) is 26.2 Å². The minimum atomic E-state index is -1.13. The summed E-state index contributed by atoms with van der Waals surface area (Å²) in [6, 6.07) is -0.819. The lowest BCUT2D eigenvalue weighted by atomic mass is 10.1. The van der Waals surface area contributed by atoms with Gasteiger partial charge in [-0.25, -0.2) is 4.79 Å². The van der Waals surface area contributed by atoms with Crippen molar-refractivity contribution in [3.05, 3.63) is 0 Å². The monoisotopic (exact) mass is 259 g/mol. The molecule has 104 valence electrons. The number of carboxylic acids is 1. The Labute approximate surface area is 106 Å². The molecule has 1 aliphatic heterocycles. The molecule has 1 amide bonds. The highest BCUT2D eigenvalue weighted by molar-refractivity contribution is 5.84. The zero-order valence-corrected chi connectivity index (χ0v) is 10.3. The molecular formula is C11H21N3O4. The molecule has 0 aromatic carbocycles. The van der Waals surface area contributed by atoms with E-state index in [2.05, 4.69) is 5.32 Å². The number of aliphatic hydroxyl groups excluding tert-OH is 1. The zero-order chi connectivity index (χ0) is 13.5. The van der Waals surface area contributed by atoms with Crippen LogP contribution in [0.15, 0.2) is 0 Å². The molecule has 0 aromatic heterocycles. The number of likely N-dealkylation sites (tertiary alicyclic amines) is 1. The summed E-state index contributed by atoms with van der Waals surface area (Å²) in [4.78, 5) is 24.4. The quantitative estimate of drug-likeness (QED) is 0.455. The van der Waals surface area contributed by atoms with Crippen LogP contribution in [0.4, 0.5) is 0 Å². The zero-order valence-electron chi connectivity index (χ0n) is 10.3. The van der Waals surface area contributed by atoms with Crippen LogP contribution in [-0.2, 0) is 9.59 Å². The Morgan fingerprint density at radius 2 is 2.00 bits per heavy atom. The maximum absolute atomic E-state index is 11.7. The summed E-state index contributed by atoms with van der Waals surface area (Å²) in [5.41, 5.74) is 5.76. The Bertz CT molecular complexity index is 290. The lowest BCUT2D eigenvalue weighted by molar-refractivity contribution is -0.142. The highest BCUT2D eigenvalue weighted by Crippen LogP contribution is 2.07. The van der Waals surface area contributed by atoms with Crippen LogP contribution in [0.5, 0.6) is 0 Å². The Balaban J connectivity index is 2.33. The first kappa shape index (κ1) is 14.9. The second kappa shape index (κ2) is 7.30. The number of hydrogen-bond acceptors (Lipinski definition) is 5. The Morgan fingerprint density at radius 1 is 1.39 bits per heavy atom. The minimum absolute atomic E-state index is 0.0198. The fourth-order valence-electron chi connectivity index (χ4n) is 1.94. The van der Waals surface area contributed by atoms with Crippen LogP contribution in [0.25, 0.3) is 0 Å². The Kier molecular flexibility index (Phi) is 6.03. The standard InChI is InChI=1S/C11H21N3O4/c12-8-1-4-14(5-2-8)7-10(16)13-9(3-6-15)11(17)18/h8-9,15H,1-7,12H2,(H,13,16)(H,17,18)/t9-/m1/s1. The molecule has 1 fully saturated rings. The predicted molar refractivity (Wildman–Crippen MR) is 64.9 cm³/mol. The van der Waals surface area contributed by atoms with Gasteiger partial charge in [0.2, 0.25) is 5.91 Å². The summed E-state index contributed by atoms with van der Waals surface area (Å²) in [6.45, 7) is 1.43. The van der Waals surface area contributed by atoms with E-state index in [4.69, 9.17) is 15.9 Å². The molecule has 0 unspecified atom stereocenters. The molecule has 5 N–H and O–H groups in total. The van der Waals surface area contributed by atoms with Crippen LogP contribution in [0.3, 0.4) is 0 Å². The van der Waals surface area contributed by atoms with Crippen LogP contribution in [0.1, 0.15) is 19.3 Å². The molecule has 7 nitrogen and oxygen atoms in total. The molecule has 1 aliphatic rings. The van der Waals surface area contributed by atoms with Gasteiger partial charge in [-0.15, -0.1) is 0 Å². The molecule has 7 heteroatoms. The molecule has 0 radical (unpaired) electrons. The highest BCUT2D eigenvalue weighted by Gasteiger charge is 2.22. The number of rotatable bonds is 6. The highest BCUT2D eigenvalue weighted by atomic mass is 16.4. The van der Waals surface area contributed by atoms with Gasteiger partial charge in [0.15, 0.2) is 0 Å². The number of nitrogens with zero attached hydrogens (tertiary/aromatic N) is 1. The van der Waals surface area contributed by atoms with Crippen LogP contribution in [0.2, 0.25) is 0 Å². The van der Waals surface area contributed by atoms with Gasteiger partial charge in [0.05, 0.1) is 6.54 Å². The molecule has 0 bridgehead atoms. The average molecular weight is 259 g/mol. The van der Waals surface area contributed by atoms with Gasteiger partial charge < -0.3 is 21.3 Å². The van der Waals surface area contributed by atoms with Crippen LogP contribution in [0, 0.1) is 0 Å². The van der Waals surface area contributed by atoms with E-state index in [-0.39, 0.29) is 31.5 Å². The van der Waals surface area contributed by atoms with Crippen molar-refractivity contribution in [3.8, 4) is 0 Å². The van der Waals surface area contributed by atoms with Gasteiger partial charge in [-0.1, -0.05) is 0 Å². The van der Waals surface area contributed by atoms with Crippen molar-refractivity contribution < 1.29 is 19.8 Å². The van der Waals surface area contributed by atoms with Gasteiger partial charge in [-0.2, -0.15) is 0 Å². The summed E-state index contributed by atoms with van der Waals surface area (Å²) < 4.78 is 0. The van der Waals surface area contributed by atoms with E-state index in [0.717, 1.165) is 25.9 Å². The van der Waals surface area contributed by atoms with Gasteiger partial charge in [-0.3, -0.25) is 9.69 Å². The smallest absolute Gasteiger partial charge is 0.326 e. The fourth-order valence-corrected chi connectivity index (χ4v) is 1.94. The number of carbonyl (C=O) groups is 2. The number of carboxylic acid groups (broad SMARTS) is 1. The summed E-state index contributed by atoms with van der Waals surface area (Å²) in [5, 5.41) is 20.0. The summed E-state index contributed by atoms with van der Waals surface area (Å²) in [5.74, 6) is -1.45. The fraction of sp³-hybridized carbons (Fsp3) is 0.818. The maximum atomic E-state index is 11.7. The third-order valence-electron chi connectivity index (χ3n) is 3.05. The van der Waals surface area contributed by atoms with Gasteiger partial charge in [0.25, 0.3) is 0 Å². The van der Waals surface area contributed by atoms with E-state index >= 15 is 0 Å². The van der Waals surface area contributed by atoms with Crippen molar-refractivity contribution >= 4 is 11.9 Å². The second-order valence-corrected chi connectivity index (χ2v) is 4.58. The molecular weight excluding hydrogens is 238 g/mol. The Morgan fingerprint density at radius 3 is 2.50 bits per heavy atom. The lowest BCUT2D eigenvalue weighted by Gasteiger charge is -2.29. The number of carbonyl (C=O) groups excluding carboxylic acids is 1. The van der Waals surface area contributed by atoms with Crippen LogP contribution in [-0.4, -0.2) is 65.3 Å². The lowest BCUT2D eigenvalue weighted by Crippen LogP contribution is -2.48. The first-order chi connectivity index (χ1) is 8.52. The number of nitrogens with two attached hydrogens (primary N) is 1. The number of hydrogen-bond donors (Lipinski definition) is 4. The minimum Gasteiger partial charge on any atom is -0.480 e. The molecule has 1 saturated heterocycles. The van der Waals surface area contributed by atoms with Crippen molar-refractivity contribution in [2.45, 2.75) is 31.3 Å². The Hall–Kier alpha value is -1.18. The number of nitrogens with one attached hydrogen (secondary N) is 1. The summed E-state index contributed by atoms with van der Waals surface area (Å²) in [6.07, 6.45) is 1.73. The third kappa shape index (κ3) is 4.99. The van der Waals surface area contributed by atoms with E-state index in [9.17, 15) is 9.59 Å². The molecule has 0 saturated carbocycles.